The molecule has 5 heteroatoms. The van der Waals surface area contributed by atoms with Crippen molar-refractivity contribution in [2.75, 3.05) is 5.32 Å². The highest BCUT2D eigenvalue weighted by Gasteiger charge is 2.07. The molecule has 0 unspecified atom stereocenters. The Morgan fingerprint density at radius 3 is 2.65 bits per heavy atom. The van der Waals surface area contributed by atoms with Crippen LogP contribution in [0.3, 0.4) is 0 Å². The van der Waals surface area contributed by atoms with Crippen LogP contribution >= 0.6 is 0 Å². The minimum atomic E-state index is -0.289. The summed E-state index contributed by atoms with van der Waals surface area (Å²) in [5.74, 6) is 0.189. The van der Waals surface area contributed by atoms with Gasteiger partial charge in [-0.25, -0.2) is 9.37 Å². The summed E-state index contributed by atoms with van der Waals surface area (Å²) in [6.45, 7) is 0.388. The maximum atomic E-state index is 13.2. The summed E-state index contributed by atoms with van der Waals surface area (Å²) in [6.07, 6.45) is 3.38. The molecule has 0 atom stereocenters. The van der Waals surface area contributed by atoms with Gasteiger partial charge in [-0.05, 0) is 42.0 Å². The second-order valence-electron chi connectivity index (χ2n) is 4.92. The summed E-state index contributed by atoms with van der Waals surface area (Å²) in [5, 5.41) is 12.3. The molecule has 23 heavy (non-hydrogen) atoms. The summed E-state index contributed by atoms with van der Waals surface area (Å²) in [7, 11) is 0. The van der Waals surface area contributed by atoms with E-state index in [9.17, 15) is 9.65 Å². The van der Waals surface area contributed by atoms with Crippen molar-refractivity contribution >= 4 is 5.82 Å². The molecule has 4 nitrogen and oxygen atoms in total. The van der Waals surface area contributed by atoms with Crippen LogP contribution < -0.4 is 5.32 Å². The number of nitriles is 1. The lowest BCUT2D eigenvalue weighted by Crippen LogP contribution is -2.04. The zero-order chi connectivity index (χ0) is 16.1. The van der Waals surface area contributed by atoms with Crippen LogP contribution in [0.4, 0.5) is 10.2 Å². The fourth-order valence-electron chi connectivity index (χ4n) is 2.20. The van der Waals surface area contributed by atoms with Crippen LogP contribution in [0.2, 0.25) is 0 Å². The average Bonchev–Trinajstić information content (AvgIpc) is 2.60. The molecule has 112 valence electrons. The number of hydrogen-bond acceptors (Lipinski definition) is 4. The van der Waals surface area contributed by atoms with Crippen LogP contribution in [0.1, 0.15) is 11.1 Å². The van der Waals surface area contributed by atoms with Gasteiger partial charge < -0.3 is 5.32 Å². The third-order valence-electron chi connectivity index (χ3n) is 3.34. The zero-order valence-electron chi connectivity index (χ0n) is 12.2. The number of aromatic nitrogens is 2. The molecule has 0 fully saturated rings. The molecule has 2 heterocycles. The van der Waals surface area contributed by atoms with Crippen LogP contribution in [0, 0.1) is 17.1 Å². The Hall–Kier alpha value is -3.26. The fraction of sp³-hybridized carbons (Fsp3) is 0.0556. The van der Waals surface area contributed by atoms with Gasteiger partial charge in [0, 0.05) is 24.5 Å². The Balaban J connectivity index is 1.87. The zero-order valence-corrected chi connectivity index (χ0v) is 12.2. The third kappa shape index (κ3) is 3.50. The molecule has 0 saturated heterocycles. The lowest BCUT2D eigenvalue weighted by atomic mass is 10.1. The van der Waals surface area contributed by atoms with Crippen molar-refractivity contribution in [1.29, 1.82) is 5.26 Å². The monoisotopic (exact) mass is 304 g/mol. The topological polar surface area (TPSA) is 61.6 Å². The van der Waals surface area contributed by atoms with E-state index in [4.69, 9.17) is 0 Å². The first-order chi connectivity index (χ1) is 11.3. The Morgan fingerprint density at radius 2 is 1.91 bits per heavy atom. The standard InChI is InChI=1S/C18H13FN4/c19-16-3-1-2-13(10-16)12-22-18-15(11-20)4-5-17(23-18)14-6-8-21-9-7-14/h1-10H,12H2,(H,22,23). The minimum Gasteiger partial charge on any atom is -0.365 e. The van der Waals surface area contributed by atoms with E-state index in [1.54, 1.807) is 30.6 Å². The van der Waals surface area contributed by atoms with Gasteiger partial charge in [-0.2, -0.15) is 5.26 Å². The lowest BCUT2D eigenvalue weighted by molar-refractivity contribution is 0.626. The number of pyridine rings is 2. The second kappa shape index (κ2) is 6.67. The highest BCUT2D eigenvalue weighted by Crippen LogP contribution is 2.21. The van der Waals surface area contributed by atoms with Gasteiger partial charge >= 0.3 is 0 Å². The first-order valence-electron chi connectivity index (χ1n) is 7.06. The number of nitrogens with one attached hydrogen (secondary N) is 1. The predicted octanol–water partition coefficient (Wildman–Crippen LogP) is 3.77. The molecule has 2 aromatic heterocycles. The molecule has 1 aromatic carbocycles. The largest absolute Gasteiger partial charge is 0.365 e. The summed E-state index contributed by atoms with van der Waals surface area (Å²) in [6, 6.07) is 15.6. The van der Waals surface area contributed by atoms with Crippen LogP contribution in [0.25, 0.3) is 11.3 Å². The van der Waals surface area contributed by atoms with E-state index in [0.29, 0.717) is 17.9 Å². The molecule has 0 saturated carbocycles. The smallest absolute Gasteiger partial charge is 0.144 e. The van der Waals surface area contributed by atoms with E-state index in [-0.39, 0.29) is 5.82 Å². The summed E-state index contributed by atoms with van der Waals surface area (Å²) < 4.78 is 13.2. The molecule has 0 amide bonds. The van der Waals surface area contributed by atoms with Gasteiger partial charge in [0.1, 0.15) is 17.7 Å². The Labute approximate surface area is 133 Å². The van der Waals surface area contributed by atoms with E-state index in [1.807, 2.05) is 18.2 Å². The molecule has 0 aliphatic carbocycles. The first-order valence-corrected chi connectivity index (χ1v) is 7.06. The number of benzene rings is 1. The number of rotatable bonds is 4. The number of halogens is 1. The SMILES string of the molecule is N#Cc1ccc(-c2ccncc2)nc1NCc1cccc(F)c1. The van der Waals surface area contributed by atoms with Gasteiger partial charge in [0.25, 0.3) is 0 Å². The molecule has 0 spiro atoms. The van der Waals surface area contributed by atoms with Crippen molar-refractivity contribution in [3.63, 3.8) is 0 Å². The fourth-order valence-corrected chi connectivity index (χ4v) is 2.20. The van der Waals surface area contributed by atoms with Gasteiger partial charge in [0.2, 0.25) is 0 Å². The van der Waals surface area contributed by atoms with Gasteiger partial charge in [-0.15, -0.1) is 0 Å². The van der Waals surface area contributed by atoms with Crippen molar-refractivity contribution < 1.29 is 4.39 Å². The molecule has 1 N–H and O–H groups in total. The summed E-state index contributed by atoms with van der Waals surface area (Å²) in [4.78, 5) is 8.48. The third-order valence-corrected chi connectivity index (χ3v) is 3.34. The Bertz CT molecular complexity index is 856. The first kappa shape index (κ1) is 14.7. The van der Waals surface area contributed by atoms with Gasteiger partial charge in [0.05, 0.1) is 11.3 Å². The van der Waals surface area contributed by atoms with Crippen molar-refractivity contribution in [3.8, 4) is 17.3 Å². The van der Waals surface area contributed by atoms with E-state index in [1.165, 1.54) is 12.1 Å². The van der Waals surface area contributed by atoms with Crippen molar-refractivity contribution in [2.24, 2.45) is 0 Å². The van der Waals surface area contributed by atoms with Crippen LogP contribution in [0.15, 0.2) is 60.9 Å². The van der Waals surface area contributed by atoms with Gasteiger partial charge in [-0.1, -0.05) is 12.1 Å². The average molecular weight is 304 g/mol. The number of nitrogens with zero attached hydrogens (tertiary/aromatic N) is 3. The molecule has 0 radical (unpaired) electrons. The van der Waals surface area contributed by atoms with E-state index >= 15 is 0 Å². The van der Waals surface area contributed by atoms with Gasteiger partial charge in [0.15, 0.2) is 0 Å². The molecular formula is C18H13FN4. The normalized spacial score (nSPS) is 10.1. The van der Waals surface area contributed by atoms with E-state index in [0.717, 1.165) is 16.8 Å². The van der Waals surface area contributed by atoms with Crippen molar-refractivity contribution in [3.05, 3.63) is 77.9 Å². The summed E-state index contributed by atoms with van der Waals surface area (Å²) >= 11 is 0. The molecule has 0 bridgehead atoms. The lowest BCUT2D eigenvalue weighted by Gasteiger charge is -2.10. The van der Waals surface area contributed by atoms with Crippen LogP contribution in [0.5, 0.6) is 0 Å². The summed E-state index contributed by atoms with van der Waals surface area (Å²) in [5.41, 5.74) is 2.88. The Kier molecular flexibility index (Phi) is 4.25. The van der Waals surface area contributed by atoms with E-state index in [2.05, 4.69) is 21.4 Å². The molecule has 3 rings (SSSR count). The van der Waals surface area contributed by atoms with Gasteiger partial charge in [-0.3, -0.25) is 4.98 Å². The number of anilines is 1. The van der Waals surface area contributed by atoms with Crippen LogP contribution in [-0.2, 0) is 6.54 Å². The molecule has 3 aromatic rings. The predicted molar refractivity (Wildman–Crippen MR) is 85.9 cm³/mol. The maximum Gasteiger partial charge on any atom is 0.144 e. The molecular weight excluding hydrogens is 291 g/mol. The van der Waals surface area contributed by atoms with E-state index < -0.39 is 0 Å². The van der Waals surface area contributed by atoms with Crippen LogP contribution in [-0.4, -0.2) is 9.97 Å². The Morgan fingerprint density at radius 1 is 1.09 bits per heavy atom. The quantitative estimate of drug-likeness (QED) is 0.797. The maximum absolute atomic E-state index is 13.2. The van der Waals surface area contributed by atoms with Crippen molar-refractivity contribution in [1.82, 2.24) is 9.97 Å². The molecule has 0 aliphatic rings. The highest BCUT2D eigenvalue weighted by molar-refractivity contribution is 5.64. The number of hydrogen-bond donors (Lipinski definition) is 1. The minimum absolute atomic E-state index is 0.289. The highest BCUT2D eigenvalue weighted by atomic mass is 19.1. The second-order valence-corrected chi connectivity index (χ2v) is 4.92. The van der Waals surface area contributed by atoms with Crippen molar-refractivity contribution in [2.45, 2.75) is 6.54 Å². The molecule has 0 aliphatic heterocycles.